The molecule has 0 bridgehead atoms. The number of carbonyl (C=O) groups excluding carboxylic acids is 2. The lowest BCUT2D eigenvalue weighted by Crippen LogP contribution is -2.56. The predicted octanol–water partition coefficient (Wildman–Crippen LogP) is 5.24. The van der Waals surface area contributed by atoms with Crippen LogP contribution in [0.15, 0.2) is 77.7 Å². The minimum absolute atomic E-state index is 0.00546. The summed E-state index contributed by atoms with van der Waals surface area (Å²) >= 11 is 1.64. The highest BCUT2D eigenvalue weighted by Gasteiger charge is 2.41. The van der Waals surface area contributed by atoms with Crippen LogP contribution in [0.5, 0.6) is 5.75 Å². The van der Waals surface area contributed by atoms with E-state index in [0.717, 1.165) is 27.5 Å². The van der Waals surface area contributed by atoms with Gasteiger partial charge in [-0.05, 0) is 74.2 Å². The number of hydrogen-bond acceptors (Lipinski definition) is 4. The van der Waals surface area contributed by atoms with Gasteiger partial charge in [-0.3, -0.25) is 14.5 Å². The molecular weight excluding hydrogens is 420 g/mol. The van der Waals surface area contributed by atoms with Gasteiger partial charge in [0.1, 0.15) is 18.3 Å². The van der Waals surface area contributed by atoms with Gasteiger partial charge in [-0.2, -0.15) is 0 Å². The van der Waals surface area contributed by atoms with Crippen LogP contribution in [-0.4, -0.2) is 31.2 Å². The van der Waals surface area contributed by atoms with Crippen molar-refractivity contribution < 1.29 is 14.3 Å². The zero-order chi connectivity index (χ0) is 22.7. The van der Waals surface area contributed by atoms with Gasteiger partial charge in [-0.25, -0.2) is 0 Å². The Labute approximate surface area is 193 Å². The predicted molar refractivity (Wildman–Crippen MR) is 130 cm³/mol. The van der Waals surface area contributed by atoms with Gasteiger partial charge in [0.25, 0.3) is 5.91 Å². The second-order valence-electron chi connectivity index (χ2n) is 7.63. The van der Waals surface area contributed by atoms with E-state index in [9.17, 15) is 9.59 Å². The Morgan fingerprint density at radius 1 is 0.906 bits per heavy atom. The van der Waals surface area contributed by atoms with E-state index in [1.165, 1.54) is 0 Å². The van der Waals surface area contributed by atoms with Crippen LogP contribution < -0.4 is 14.5 Å². The monoisotopic (exact) mass is 446 g/mol. The number of ether oxygens (including phenoxy) is 1. The molecule has 1 fully saturated rings. The zero-order valence-electron chi connectivity index (χ0n) is 18.4. The minimum Gasteiger partial charge on any atom is -0.494 e. The Morgan fingerprint density at radius 3 is 2.12 bits per heavy atom. The van der Waals surface area contributed by atoms with Crippen LogP contribution in [0.3, 0.4) is 0 Å². The highest BCUT2D eigenvalue weighted by molar-refractivity contribution is 7.98. The molecule has 0 N–H and O–H groups in total. The number of piperazine rings is 1. The second kappa shape index (κ2) is 9.49. The molecule has 1 heterocycles. The average molecular weight is 447 g/mol. The quantitative estimate of drug-likeness (QED) is 0.486. The van der Waals surface area contributed by atoms with Gasteiger partial charge in [0.05, 0.1) is 6.61 Å². The molecule has 6 heteroatoms. The summed E-state index contributed by atoms with van der Waals surface area (Å²) in [5.74, 6) is 0.474. The maximum atomic E-state index is 13.8. The molecule has 0 aliphatic carbocycles. The number of anilines is 2. The molecule has 1 atom stereocenters. The van der Waals surface area contributed by atoms with E-state index in [-0.39, 0.29) is 18.4 Å². The molecule has 2 amide bonds. The van der Waals surface area contributed by atoms with Crippen LogP contribution in [0.2, 0.25) is 0 Å². The molecular formula is C26H26N2O3S. The first-order valence-corrected chi connectivity index (χ1v) is 11.8. The van der Waals surface area contributed by atoms with Crippen molar-refractivity contribution in [2.45, 2.75) is 24.8 Å². The number of rotatable bonds is 6. The molecule has 1 unspecified atom stereocenters. The molecule has 4 rings (SSSR count). The smallest absolute Gasteiger partial charge is 0.255 e. The Balaban J connectivity index is 1.76. The van der Waals surface area contributed by atoms with Crippen LogP contribution >= 0.6 is 11.8 Å². The number of carbonyl (C=O) groups is 2. The lowest BCUT2D eigenvalue weighted by Gasteiger charge is -2.40. The summed E-state index contributed by atoms with van der Waals surface area (Å²) in [4.78, 5) is 31.5. The molecule has 3 aromatic carbocycles. The summed E-state index contributed by atoms with van der Waals surface area (Å²) in [6.45, 7) is 4.48. The zero-order valence-corrected chi connectivity index (χ0v) is 19.3. The van der Waals surface area contributed by atoms with Crippen LogP contribution in [-0.2, 0) is 9.59 Å². The van der Waals surface area contributed by atoms with Crippen molar-refractivity contribution in [2.75, 3.05) is 29.2 Å². The third-order valence-electron chi connectivity index (χ3n) is 5.52. The fourth-order valence-corrected chi connectivity index (χ4v) is 4.28. The number of hydrogen-bond donors (Lipinski definition) is 0. The van der Waals surface area contributed by atoms with Crippen molar-refractivity contribution in [1.82, 2.24) is 0 Å². The normalized spacial score (nSPS) is 16.4. The summed E-state index contributed by atoms with van der Waals surface area (Å²) in [6.07, 6.45) is 2.01. The van der Waals surface area contributed by atoms with Gasteiger partial charge in [0.15, 0.2) is 0 Å². The van der Waals surface area contributed by atoms with Crippen LogP contribution in [0.4, 0.5) is 11.4 Å². The van der Waals surface area contributed by atoms with E-state index in [2.05, 4.69) is 0 Å². The molecule has 1 saturated heterocycles. The first kappa shape index (κ1) is 22.0. The van der Waals surface area contributed by atoms with Gasteiger partial charge >= 0.3 is 0 Å². The Bertz CT molecular complexity index is 1100. The van der Waals surface area contributed by atoms with E-state index in [4.69, 9.17) is 4.74 Å². The van der Waals surface area contributed by atoms with Crippen LogP contribution in [0.25, 0.3) is 0 Å². The van der Waals surface area contributed by atoms with E-state index < -0.39 is 6.04 Å². The maximum Gasteiger partial charge on any atom is 0.255 e. The van der Waals surface area contributed by atoms with Gasteiger partial charge in [0, 0.05) is 16.3 Å². The average Bonchev–Trinajstić information content (AvgIpc) is 2.82. The summed E-state index contributed by atoms with van der Waals surface area (Å²) in [5, 5.41) is 0. The highest BCUT2D eigenvalue weighted by atomic mass is 32.2. The number of aryl methyl sites for hydroxylation is 1. The van der Waals surface area contributed by atoms with Crippen LogP contribution in [0.1, 0.15) is 24.1 Å². The van der Waals surface area contributed by atoms with Crippen molar-refractivity contribution in [2.24, 2.45) is 0 Å². The number of thioether (sulfide) groups is 1. The molecule has 164 valence electrons. The molecule has 0 aromatic heterocycles. The van der Waals surface area contributed by atoms with Crippen LogP contribution in [0, 0.1) is 6.92 Å². The molecule has 1 aliphatic heterocycles. The maximum absolute atomic E-state index is 13.8. The first-order chi connectivity index (χ1) is 15.5. The van der Waals surface area contributed by atoms with Crippen molar-refractivity contribution in [3.63, 3.8) is 0 Å². The van der Waals surface area contributed by atoms with Crippen molar-refractivity contribution in [3.8, 4) is 5.75 Å². The molecule has 0 radical (unpaired) electrons. The topological polar surface area (TPSA) is 49.9 Å². The summed E-state index contributed by atoms with van der Waals surface area (Å²) < 4.78 is 5.54. The fourth-order valence-electron chi connectivity index (χ4n) is 3.88. The SMILES string of the molecule is CCOc1ccc(N2C(=O)CN(c3ccc(C)cc3)C(=O)C2c2ccc(SC)cc2)cc1. The highest BCUT2D eigenvalue weighted by Crippen LogP contribution is 2.35. The van der Waals surface area contributed by atoms with Gasteiger partial charge in [0.2, 0.25) is 5.91 Å². The van der Waals surface area contributed by atoms with Gasteiger partial charge < -0.3 is 9.64 Å². The Kier molecular flexibility index (Phi) is 6.51. The molecule has 1 aliphatic rings. The number of amides is 2. The second-order valence-corrected chi connectivity index (χ2v) is 8.51. The lowest BCUT2D eigenvalue weighted by atomic mass is 9.99. The van der Waals surface area contributed by atoms with Crippen molar-refractivity contribution >= 4 is 35.0 Å². The lowest BCUT2D eigenvalue weighted by molar-refractivity contribution is -0.128. The molecule has 0 saturated carbocycles. The van der Waals surface area contributed by atoms with E-state index in [0.29, 0.717) is 12.3 Å². The summed E-state index contributed by atoms with van der Waals surface area (Å²) in [5.41, 5.74) is 3.29. The minimum atomic E-state index is -0.744. The van der Waals surface area contributed by atoms with Gasteiger partial charge in [-0.15, -0.1) is 11.8 Å². The molecule has 0 spiro atoms. The summed E-state index contributed by atoms with van der Waals surface area (Å²) in [6, 6.07) is 22.1. The standard InChI is InChI=1S/C26H26N2O3S/c1-4-31-22-13-11-21(12-14-22)28-24(29)17-27(20-9-5-18(2)6-10-20)26(30)25(28)19-7-15-23(32-3)16-8-19/h5-16,25H,4,17H2,1-3H3. The number of benzene rings is 3. The molecule has 5 nitrogen and oxygen atoms in total. The third-order valence-corrected chi connectivity index (χ3v) is 6.27. The van der Waals surface area contributed by atoms with Crippen molar-refractivity contribution in [1.29, 1.82) is 0 Å². The third kappa shape index (κ3) is 4.36. The largest absolute Gasteiger partial charge is 0.494 e. The van der Waals surface area contributed by atoms with Crippen molar-refractivity contribution in [3.05, 3.63) is 83.9 Å². The van der Waals surface area contributed by atoms with E-state index >= 15 is 0 Å². The fraction of sp³-hybridized carbons (Fsp3) is 0.231. The Hall–Kier alpha value is -3.25. The molecule has 32 heavy (non-hydrogen) atoms. The summed E-state index contributed by atoms with van der Waals surface area (Å²) in [7, 11) is 0. The van der Waals surface area contributed by atoms with E-state index in [1.807, 2.05) is 92.9 Å². The van der Waals surface area contributed by atoms with Gasteiger partial charge in [-0.1, -0.05) is 29.8 Å². The van der Waals surface area contributed by atoms with E-state index in [1.54, 1.807) is 21.6 Å². The molecule has 3 aromatic rings. The Morgan fingerprint density at radius 2 is 1.53 bits per heavy atom. The number of nitrogens with zero attached hydrogens (tertiary/aromatic N) is 2. The first-order valence-electron chi connectivity index (χ1n) is 10.6.